The molecule has 2 unspecified atom stereocenters. The van der Waals surface area contributed by atoms with Crippen molar-refractivity contribution in [1.29, 1.82) is 0 Å². The maximum absolute atomic E-state index is 12.9. The van der Waals surface area contributed by atoms with Gasteiger partial charge >= 0.3 is 0 Å². The lowest BCUT2D eigenvalue weighted by Gasteiger charge is -2.30. The maximum atomic E-state index is 12.9. The molecule has 1 aliphatic rings. The van der Waals surface area contributed by atoms with Crippen molar-refractivity contribution in [2.75, 3.05) is 19.6 Å². The molecule has 1 fully saturated rings. The van der Waals surface area contributed by atoms with Gasteiger partial charge in [0.2, 0.25) is 5.91 Å². The van der Waals surface area contributed by atoms with Crippen LogP contribution in [0, 0.1) is 0 Å². The van der Waals surface area contributed by atoms with E-state index in [9.17, 15) is 4.79 Å². The van der Waals surface area contributed by atoms with Gasteiger partial charge in [-0.3, -0.25) is 4.79 Å². The van der Waals surface area contributed by atoms with Crippen molar-refractivity contribution in [2.45, 2.75) is 38.6 Å². The van der Waals surface area contributed by atoms with Gasteiger partial charge in [0.15, 0.2) is 0 Å². The lowest BCUT2D eigenvalue weighted by atomic mass is 10.0. The first-order valence-corrected chi connectivity index (χ1v) is 8.20. The zero-order valence-corrected chi connectivity index (χ0v) is 14.6. The number of para-hydroxylation sites is 1. The van der Waals surface area contributed by atoms with Gasteiger partial charge in [0.25, 0.3) is 0 Å². The molecule has 126 valence electrons. The summed E-state index contributed by atoms with van der Waals surface area (Å²) in [4.78, 5) is 15.0. The van der Waals surface area contributed by atoms with E-state index >= 15 is 0 Å². The van der Waals surface area contributed by atoms with Crippen molar-refractivity contribution in [3.63, 3.8) is 0 Å². The van der Waals surface area contributed by atoms with Crippen LogP contribution in [0.3, 0.4) is 0 Å². The second-order valence-corrected chi connectivity index (χ2v) is 6.09. The fraction of sp³-hybridized carbons (Fsp3) is 0.500. The van der Waals surface area contributed by atoms with Crippen LogP contribution in [0.25, 0.3) is 11.0 Å². The SMILES string of the molecule is CCCN(C(=O)C(C)c1cc2ccccc2o1)C1CCNC1.Cl. The van der Waals surface area contributed by atoms with E-state index in [0.29, 0.717) is 6.04 Å². The van der Waals surface area contributed by atoms with Gasteiger partial charge in [0, 0.05) is 24.5 Å². The van der Waals surface area contributed by atoms with Crippen LogP contribution in [0.15, 0.2) is 34.7 Å². The average molecular weight is 337 g/mol. The monoisotopic (exact) mass is 336 g/mol. The number of carbonyl (C=O) groups is 1. The molecule has 1 aromatic carbocycles. The summed E-state index contributed by atoms with van der Waals surface area (Å²) in [5.74, 6) is 0.701. The minimum Gasteiger partial charge on any atom is -0.460 e. The van der Waals surface area contributed by atoms with E-state index in [1.807, 2.05) is 42.2 Å². The van der Waals surface area contributed by atoms with E-state index in [1.165, 1.54) is 0 Å². The second kappa shape index (κ2) is 7.84. The summed E-state index contributed by atoms with van der Waals surface area (Å²) < 4.78 is 5.88. The Morgan fingerprint density at radius 2 is 2.22 bits per heavy atom. The molecule has 2 atom stereocenters. The zero-order chi connectivity index (χ0) is 15.5. The first-order valence-electron chi connectivity index (χ1n) is 8.20. The highest BCUT2D eigenvalue weighted by molar-refractivity contribution is 5.86. The number of hydrogen-bond donors (Lipinski definition) is 1. The number of hydrogen-bond acceptors (Lipinski definition) is 3. The zero-order valence-electron chi connectivity index (χ0n) is 13.7. The molecule has 1 saturated heterocycles. The predicted molar refractivity (Wildman–Crippen MR) is 95.2 cm³/mol. The quantitative estimate of drug-likeness (QED) is 0.908. The Morgan fingerprint density at radius 1 is 1.43 bits per heavy atom. The Morgan fingerprint density at radius 3 is 2.87 bits per heavy atom. The van der Waals surface area contributed by atoms with Crippen LogP contribution in [0.1, 0.15) is 38.4 Å². The number of carbonyl (C=O) groups excluding carboxylic acids is 1. The third kappa shape index (κ3) is 3.70. The summed E-state index contributed by atoms with van der Waals surface area (Å²) in [5.41, 5.74) is 0.849. The number of fused-ring (bicyclic) bond motifs is 1. The van der Waals surface area contributed by atoms with Gasteiger partial charge in [0.05, 0.1) is 5.92 Å². The highest BCUT2D eigenvalue weighted by Gasteiger charge is 2.30. The molecule has 0 radical (unpaired) electrons. The molecule has 2 aromatic rings. The molecule has 1 N–H and O–H groups in total. The smallest absolute Gasteiger partial charge is 0.233 e. The molecule has 4 nitrogen and oxygen atoms in total. The molecular formula is C18H25ClN2O2. The summed E-state index contributed by atoms with van der Waals surface area (Å²) in [6.45, 7) is 6.78. The molecule has 2 heterocycles. The third-order valence-electron chi connectivity index (χ3n) is 4.46. The van der Waals surface area contributed by atoms with Crippen LogP contribution in [0.2, 0.25) is 0 Å². The van der Waals surface area contributed by atoms with Gasteiger partial charge in [-0.1, -0.05) is 25.1 Å². The number of furan rings is 1. The van der Waals surface area contributed by atoms with Crippen LogP contribution in [-0.2, 0) is 4.79 Å². The van der Waals surface area contributed by atoms with Gasteiger partial charge in [-0.15, -0.1) is 12.4 Å². The molecular weight excluding hydrogens is 312 g/mol. The van der Waals surface area contributed by atoms with Crippen LogP contribution in [0.4, 0.5) is 0 Å². The van der Waals surface area contributed by atoms with E-state index in [-0.39, 0.29) is 24.2 Å². The number of benzene rings is 1. The van der Waals surface area contributed by atoms with Crippen molar-refractivity contribution in [3.8, 4) is 0 Å². The lowest BCUT2D eigenvalue weighted by Crippen LogP contribution is -2.43. The van der Waals surface area contributed by atoms with E-state index in [4.69, 9.17) is 4.42 Å². The van der Waals surface area contributed by atoms with E-state index < -0.39 is 0 Å². The Hall–Kier alpha value is -1.52. The molecule has 0 bridgehead atoms. The van der Waals surface area contributed by atoms with Crippen LogP contribution in [0.5, 0.6) is 0 Å². The molecule has 5 heteroatoms. The molecule has 0 saturated carbocycles. The first kappa shape index (κ1) is 17.8. The van der Waals surface area contributed by atoms with Crippen molar-refractivity contribution >= 4 is 29.3 Å². The van der Waals surface area contributed by atoms with Crippen molar-refractivity contribution in [2.24, 2.45) is 0 Å². The molecule has 0 spiro atoms. The van der Waals surface area contributed by atoms with Gasteiger partial charge < -0.3 is 14.6 Å². The topological polar surface area (TPSA) is 45.5 Å². The third-order valence-corrected chi connectivity index (χ3v) is 4.46. The number of nitrogens with zero attached hydrogens (tertiary/aromatic N) is 1. The Kier molecular flexibility index (Phi) is 6.08. The van der Waals surface area contributed by atoms with E-state index in [1.54, 1.807) is 0 Å². The lowest BCUT2D eigenvalue weighted by molar-refractivity contribution is -0.134. The predicted octanol–water partition coefficient (Wildman–Crippen LogP) is 3.56. The largest absolute Gasteiger partial charge is 0.460 e. The highest BCUT2D eigenvalue weighted by Crippen LogP contribution is 2.27. The van der Waals surface area contributed by atoms with Gasteiger partial charge in [-0.05, 0) is 38.4 Å². The Labute approximate surface area is 143 Å². The number of rotatable bonds is 5. The fourth-order valence-corrected chi connectivity index (χ4v) is 3.21. The molecule has 1 aliphatic heterocycles. The number of nitrogens with one attached hydrogen (secondary N) is 1. The molecule has 1 aromatic heterocycles. The van der Waals surface area contributed by atoms with Crippen molar-refractivity contribution in [1.82, 2.24) is 10.2 Å². The normalized spacial score (nSPS) is 18.6. The standard InChI is InChI=1S/C18H24N2O2.ClH/c1-3-10-20(15-8-9-19-12-15)18(21)13(2)17-11-14-6-4-5-7-16(14)22-17;/h4-7,11,13,15,19H,3,8-10,12H2,1-2H3;1H. The number of amides is 1. The first-order chi connectivity index (χ1) is 10.7. The molecule has 23 heavy (non-hydrogen) atoms. The van der Waals surface area contributed by atoms with Crippen molar-refractivity contribution in [3.05, 3.63) is 36.1 Å². The minimum absolute atomic E-state index is 0. The van der Waals surface area contributed by atoms with Gasteiger partial charge in [-0.25, -0.2) is 0 Å². The summed E-state index contributed by atoms with van der Waals surface area (Å²) in [6, 6.07) is 10.2. The number of halogens is 1. The van der Waals surface area contributed by atoms with Gasteiger partial charge in [0.1, 0.15) is 11.3 Å². The Bertz CT molecular complexity index is 616. The maximum Gasteiger partial charge on any atom is 0.233 e. The average Bonchev–Trinajstić information content (AvgIpc) is 3.20. The minimum atomic E-state index is -0.237. The summed E-state index contributed by atoms with van der Waals surface area (Å²) in [7, 11) is 0. The van der Waals surface area contributed by atoms with Crippen LogP contribution < -0.4 is 5.32 Å². The van der Waals surface area contributed by atoms with Crippen LogP contribution >= 0.6 is 12.4 Å². The summed E-state index contributed by atoms with van der Waals surface area (Å²) >= 11 is 0. The molecule has 1 amide bonds. The van der Waals surface area contributed by atoms with E-state index in [0.717, 1.165) is 49.2 Å². The fourth-order valence-electron chi connectivity index (χ4n) is 3.21. The second-order valence-electron chi connectivity index (χ2n) is 6.09. The Balaban J connectivity index is 0.00000192. The summed E-state index contributed by atoms with van der Waals surface area (Å²) in [6.07, 6.45) is 2.02. The van der Waals surface area contributed by atoms with Crippen molar-refractivity contribution < 1.29 is 9.21 Å². The molecule has 0 aliphatic carbocycles. The highest BCUT2D eigenvalue weighted by atomic mass is 35.5. The van der Waals surface area contributed by atoms with Gasteiger partial charge in [-0.2, -0.15) is 0 Å². The van der Waals surface area contributed by atoms with Crippen LogP contribution in [-0.4, -0.2) is 36.5 Å². The summed E-state index contributed by atoms with van der Waals surface area (Å²) in [5, 5.41) is 4.41. The van der Waals surface area contributed by atoms with E-state index in [2.05, 4.69) is 12.2 Å². The molecule has 3 rings (SSSR count).